The molecule has 2 fully saturated rings. The third-order valence-electron chi connectivity index (χ3n) is 4.72. The molecule has 1 N–H and O–H groups in total. The Kier molecular flexibility index (Phi) is 4.69. The Bertz CT molecular complexity index is 439. The van der Waals surface area contributed by atoms with Crippen LogP contribution in [0.15, 0.2) is 0 Å². The van der Waals surface area contributed by atoms with Gasteiger partial charge in [-0.3, -0.25) is 19.7 Å². The van der Waals surface area contributed by atoms with Gasteiger partial charge in [0.25, 0.3) is 0 Å². The van der Waals surface area contributed by atoms with Gasteiger partial charge < -0.3 is 4.90 Å². The zero-order chi connectivity index (χ0) is 15.6. The van der Waals surface area contributed by atoms with E-state index < -0.39 is 6.04 Å². The molecule has 0 radical (unpaired) electrons. The van der Waals surface area contributed by atoms with Gasteiger partial charge >= 0.3 is 0 Å². The maximum atomic E-state index is 13.1. The van der Waals surface area contributed by atoms with Crippen molar-refractivity contribution in [3.8, 4) is 0 Å². The van der Waals surface area contributed by atoms with Crippen LogP contribution in [0.1, 0.15) is 59.3 Å². The van der Waals surface area contributed by atoms with Crippen LogP contribution in [0.3, 0.4) is 0 Å². The molecule has 1 atom stereocenters. The average molecular weight is 294 g/mol. The number of amides is 3. The van der Waals surface area contributed by atoms with E-state index in [0.29, 0.717) is 12.3 Å². The van der Waals surface area contributed by atoms with Crippen LogP contribution in [0.4, 0.5) is 0 Å². The molecule has 1 saturated heterocycles. The van der Waals surface area contributed by atoms with Crippen molar-refractivity contribution in [1.82, 2.24) is 10.2 Å². The van der Waals surface area contributed by atoms with E-state index in [0.717, 1.165) is 32.1 Å². The molecule has 1 unspecified atom stereocenters. The third kappa shape index (κ3) is 3.11. The molecule has 3 amide bonds. The summed E-state index contributed by atoms with van der Waals surface area (Å²) >= 11 is 0. The summed E-state index contributed by atoms with van der Waals surface area (Å²) in [5.41, 5.74) is -0.362. The summed E-state index contributed by atoms with van der Waals surface area (Å²) in [4.78, 5) is 38.3. The number of nitrogens with zero attached hydrogens (tertiary/aromatic N) is 1. The highest BCUT2D eigenvalue weighted by atomic mass is 16.2. The van der Waals surface area contributed by atoms with Gasteiger partial charge in [-0.15, -0.1) is 0 Å². The summed E-state index contributed by atoms with van der Waals surface area (Å²) in [6.45, 7) is 6.14. The van der Waals surface area contributed by atoms with Gasteiger partial charge in [-0.05, 0) is 31.6 Å². The first kappa shape index (κ1) is 16.0. The highest BCUT2D eigenvalue weighted by Gasteiger charge is 2.47. The number of nitrogens with one attached hydrogen (secondary N) is 1. The Morgan fingerprint density at radius 3 is 2.48 bits per heavy atom. The standard InChI is InChI=1S/C16H26N2O3/c1-4-12-14(20)17-13(19)10-18(12)15(21)16(9-11(2)3)7-5-6-8-16/h11-12H,4-10H2,1-3H3,(H,17,19,20). The van der Waals surface area contributed by atoms with Crippen LogP contribution in [-0.2, 0) is 14.4 Å². The quantitative estimate of drug-likeness (QED) is 0.805. The van der Waals surface area contributed by atoms with Crippen molar-refractivity contribution in [3.63, 3.8) is 0 Å². The Morgan fingerprint density at radius 1 is 1.33 bits per heavy atom. The van der Waals surface area contributed by atoms with Gasteiger partial charge in [-0.2, -0.15) is 0 Å². The lowest BCUT2D eigenvalue weighted by Gasteiger charge is -2.40. The molecule has 21 heavy (non-hydrogen) atoms. The van der Waals surface area contributed by atoms with Crippen LogP contribution < -0.4 is 5.32 Å². The second kappa shape index (κ2) is 6.16. The minimum absolute atomic E-state index is 0.0168. The number of imide groups is 1. The van der Waals surface area contributed by atoms with Crippen LogP contribution in [0.2, 0.25) is 0 Å². The number of piperazine rings is 1. The van der Waals surface area contributed by atoms with Crippen LogP contribution in [-0.4, -0.2) is 35.2 Å². The second-order valence-electron chi connectivity index (χ2n) is 6.85. The molecule has 0 bridgehead atoms. The predicted octanol–water partition coefficient (Wildman–Crippen LogP) is 1.86. The van der Waals surface area contributed by atoms with E-state index >= 15 is 0 Å². The van der Waals surface area contributed by atoms with E-state index in [-0.39, 0.29) is 29.7 Å². The molecule has 1 aliphatic carbocycles. The molecular formula is C16H26N2O3. The molecule has 0 aromatic rings. The normalized spacial score (nSPS) is 25.3. The largest absolute Gasteiger partial charge is 0.321 e. The fraction of sp³-hybridized carbons (Fsp3) is 0.812. The number of rotatable bonds is 4. The smallest absolute Gasteiger partial charge is 0.249 e. The minimum atomic E-state index is -0.500. The molecule has 0 spiro atoms. The zero-order valence-corrected chi connectivity index (χ0v) is 13.3. The minimum Gasteiger partial charge on any atom is -0.321 e. The van der Waals surface area contributed by atoms with Crippen LogP contribution in [0.5, 0.6) is 0 Å². The van der Waals surface area contributed by atoms with E-state index in [2.05, 4.69) is 19.2 Å². The van der Waals surface area contributed by atoms with Crippen molar-refractivity contribution in [1.29, 1.82) is 0 Å². The summed E-state index contributed by atoms with van der Waals surface area (Å²) in [5.74, 6) is -0.249. The average Bonchev–Trinajstić information content (AvgIpc) is 2.85. The first-order valence-electron chi connectivity index (χ1n) is 8.04. The molecule has 0 aromatic heterocycles. The predicted molar refractivity (Wildman–Crippen MR) is 79.3 cm³/mol. The Hall–Kier alpha value is -1.39. The monoisotopic (exact) mass is 294 g/mol. The molecule has 0 aromatic carbocycles. The van der Waals surface area contributed by atoms with Crippen molar-refractivity contribution >= 4 is 17.7 Å². The van der Waals surface area contributed by atoms with Gasteiger partial charge in [0.15, 0.2) is 0 Å². The molecule has 5 nitrogen and oxygen atoms in total. The molecule has 1 aliphatic heterocycles. The van der Waals surface area contributed by atoms with Gasteiger partial charge in [0.2, 0.25) is 17.7 Å². The van der Waals surface area contributed by atoms with E-state index in [1.54, 1.807) is 0 Å². The number of hydrogen-bond acceptors (Lipinski definition) is 3. The molecule has 1 heterocycles. The Balaban J connectivity index is 2.26. The first-order valence-corrected chi connectivity index (χ1v) is 8.04. The summed E-state index contributed by atoms with van der Waals surface area (Å²) < 4.78 is 0. The van der Waals surface area contributed by atoms with Crippen molar-refractivity contribution in [2.24, 2.45) is 11.3 Å². The Labute approximate surface area is 126 Å². The van der Waals surface area contributed by atoms with Gasteiger partial charge in [0, 0.05) is 5.41 Å². The second-order valence-corrected chi connectivity index (χ2v) is 6.85. The Morgan fingerprint density at radius 2 is 1.95 bits per heavy atom. The highest BCUT2D eigenvalue weighted by Crippen LogP contribution is 2.45. The van der Waals surface area contributed by atoms with E-state index in [4.69, 9.17) is 0 Å². The molecule has 2 rings (SSSR count). The third-order valence-corrected chi connectivity index (χ3v) is 4.72. The summed E-state index contributed by atoms with van der Waals surface area (Å²) in [6.07, 6.45) is 5.27. The molecule has 1 saturated carbocycles. The van der Waals surface area contributed by atoms with Crippen molar-refractivity contribution in [2.45, 2.75) is 65.3 Å². The van der Waals surface area contributed by atoms with Crippen LogP contribution in [0, 0.1) is 11.3 Å². The summed E-state index contributed by atoms with van der Waals surface area (Å²) in [5, 5.41) is 2.34. The van der Waals surface area contributed by atoms with Crippen molar-refractivity contribution in [3.05, 3.63) is 0 Å². The van der Waals surface area contributed by atoms with Gasteiger partial charge in [-0.1, -0.05) is 33.6 Å². The fourth-order valence-electron chi connectivity index (χ4n) is 3.93. The first-order chi connectivity index (χ1) is 9.89. The van der Waals surface area contributed by atoms with Crippen molar-refractivity contribution < 1.29 is 14.4 Å². The lowest BCUT2D eigenvalue weighted by Crippen LogP contribution is -2.62. The van der Waals surface area contributed by atoms with E-state index in [1.807, 2.05) is 6.92 Å². The van der Waals surface area contributed by atoms with Crippen LogP contribution >= 0.6 is 0 Å². The lowest BCUT2D eigenvalue weighted by molar-refractivity contribution is -0.156. The van der Waals surface area contributed by atoms with Gasteiger partial charge in [-0.25, -0.2) is 0 Å². The zero-order valence-electron chi connectivity index (χ0n) is 13.3. The van der Waals surface area contributed by atoms with Gasteiger partial charge in [0.05, 0.1) is 0 Å². The highest BCUT2D eigenvalue weighted by molar-refractivity contribution is 6.04. The van der Waals surface area contributed by atoms with Crippen molar-refractivity contribution in [2.75, 3.05) is 6.54 Å². The molecular weight excluding hydrogens is 268 g/mol. The number of carbonyl (C=O) groups is 3. The topological polar surface area (TPSA) is 66.5 Å². The number of carbonyl (C=O) groups excluding carboxylic acids is 3. The van der Waals surface area contributed by atoms with Crippen LogP contribution in [0.25, 0.3) is 0 Å². The molecule has 5 heteroatoms. The fourth-order valence-corrected chi connectivity index (χ4v) is 3.93. The number of hydrogen-bond donors (Lipinski definition) is 1. The van der Waals surface area contributed by atoms with E-state index in [9.17, 15) is 14.4 Å². The SMILES string of the molecule is CCC1C(=O)NC(=O)CN1C(=O)C1(CC(C)C)CCCC1. The van der Waals surface area contributed by atoms with E-state index in [1.165, 1.54) is 4.90 Å². The van der Waals surface area contributed by atoms with Gasteiger partial charge in [0.1, 0.15) is 12.6 Å². The summed E-state index contributed by atoms with van der Waals surface area (Å²) in [7, 11) is 0. The molecule has 118 valence electrons. The maximum Gasteiger partial charge on any atom is 0.249 e. The summed E-state index contributed by atoms with van der Waals surface area (Å²) in [6, 6.07) is -0.500. The maximum absolute atomic E-state index is 13.1. The lowest BCUT2D eigenvalue weighted by atomic mass is 9.76. The molecule has 2 aliphatic rings.